The summed E-state index contributed by atoms with van der Waals surface area (Å²) in [5.41, 5.74) is 4.88. The summed E-state index contributed by atoms with van der Waals surface area (Å²) in [6.07, 6.45) is 1.54. The third-order valence-electron chi connectivity index (χ3n) is 4.16. The monoisotopic (exact) mass is 427 g/mol. The van der Waals surface area contributed by atoms with Gasteiger partial charge in [-0.3, -0.25) is 9.52 Å². The Morgan fingerprint density at radius 1 is 1.03 bits per heavy atom. The van der Waals surface area contributed by atoms with Gasteiger partial charge in [0.2, 0.25) is 0 Å². The number of hydrogen-bond acceptors (Lipinski definition) is 5. The van der Waals surface area contributed by atoms with Gasteiger partial charge in [0.15, 0.2) is 0 Å². The van der Waals surface area contributed by atoms with Gasteiger partial charge in [-0.2, -0.15) is 5.10 Å². The molecule has 6 nitrogen and oxygen atoms in total. The van der Waals surface area contributed by atoms with Gasteiger partial charge < -0.3 is 0 Å². The zero-order valence-corrected chi connectivity index (χ0v) is 17.6. The second kappa shape index (κ2) is 9.02. The maximum atomic E-state index is 12.5. The average Bonchev–Trinajstić information content (AvgIpc) is 3.24. The van der Waals surface area contributed by atoms with Crippen LogP contribution in [0.5, 0.6) is 0 Å². The molecule has 0 fully saturated rings. The number of hydrazone groups is 1. The van der Waals surface area contributed by atoms with Gasteiger partial charge in [-0.1, -0.05) is 56.3 Å². The molecule has 2 aromatic carbocycles. The molecule has 0 saturated heterocycles. The van der Waals surface area contributed by atoms with E-state index in [1.54, 1.807) is 29.8 Å². The molecule has 0 bridgehead atoms. The largest absolute Gasteiger partial charge is 0.278 e. The van der Waals surface area contributed by atoms with E-state index < -0.39 is 15.9 Å². The Labute approximate surface area is 174 Å². The van der Waals surface area contributed by atoms with Crippen LogP contribution in [0.2, 0.25) is 0 Å². The van der Waals surface area contributed by atoms with E-state index in [0.29, 0.717) is 5.92 Å². The fourth-order valence-corrected chi connectivity index (χ4v) is 4.65. The van der Waals surface area contributed by atoms with E-state index in [9.17, 15) is 13.2 Å². The van der Waals surface area contributed by atoms with E-state index in [1.165, 1.54) is 23.8 Å². The molecule has 0 radical (unpaired) electrons. The molecule has 1 amide bonds. The highest BCUT2D eigenvalue weighted by Crippen LogP contribution is 2.22. The Morgan fingerprint density at radius 3 is 2.41 bits per heavy atom. The lowest BCUT2D eigenvalue weighted by Crippen LogP contribution is -2.21. The number of amides is 1. The van der Waals surface area contributed by atoms with Crippen LogP contribution >= 0.6 is 11.3 Å². The molecule has 150 valence electrons. The number of rotatable bonds is 7. The summed E-state index contributed by atoms with van der Waals surface area (Å²) in [6.45, 7) is 4.24. The van der Waals surface area contributed by atoms with Crippen molar-refractivity contribution in [1.29, 1.82) is 0 Å². The van der Waals surface area contributed by atoms with Crippen LogP contribution in [-0.4, -0.2) is 20.5 Å². The minimum absolute atomic E-state index is 0.176. The highest BCUT2D eigenvalue weighted by molar-refractivity contribution is 7.94. The summed E-state index contributed by atoms with van der Waals surface area (Å²) < 4.78 is 27.5. The fraction of sp³-hybridized carbons (Fsp3) is 0.143. The van der Waals surface area contributed by atoms with E-state index in [1.807, 2.05) is 24.3 Å². The SMILES string of the molecule is CC(C)c1ccc(/C=N/NC(=O)c2ccccc2NS(=O)(=O)c2cccs2)cc1. The van der Waals surface area contributed by atoms with Crippen LogP contribution in [0, 0.1) is 0 Å². The van der Waals surface area contributed by atoms with Crippen molar-refractivity contribution in [2.45, 2.75) is 24.0 Å². The maximum Gasteiger partial charge on any atom is 0.273 e. The van der Waals surface area contributed by atoms with Gasteiger partial charge in [0, 0.05) is 0 Å². The molecule has 2 N–H and O–H groups in total. The first kappa shape index (κ1) is 20.8. The minimum atomic E-state index is -3.75. The molecule has 29 heavy (non-hydrogen) atoms. The standard InChI is InChI=1S/C21H21N3O3S2/c1-15(2)17-11-9-16(10-12-17)14-22-23-21(25)18-6-3-4-7-19(18)24-29(26,27)20-8-5-13-28-20/h3-15,24H,1-2H3,(H,23,25)/b22-14+. The Morgan fingerprint density at radius 2 is 1.76 bits per heavy atom. The minimum Gasteiger partial charge on any atom is -0.278 e. The lowest BCUT2D eigenvalue weighted by atomic mass is 10.0. The number of para-hydroxylation sites is 1. The summed E-state index contributed by atoms with van der Waals surface area (Å²) in [7, 11) is -3.75. The Balaban J connectivity index is 1.71. The van der Waals surface area contributed by atoms with Crippen molar-refractivity contribution in [3.05, 3.63) is 82.7 Å². The number of nitrogens with zero attached hydrogens (tertiary/aromatic N) is 1. The zero-order chi connectivity index (χ0) is 20.9. The van der Waals surface area contributed by atoms with Crippen molar-refractivity contribution >= 4 is 39.2 Å². The highest BCUT2D eigenvalue weighted by atomic mass is 32.2. The highest BCUT2D eigenvalue weighted by Gasteiger charge is 2.19. The molecule has 1 aromatic heterocycles. The maximum absolute atomic E-state index is 12.5. The Hall–Kier alpha value is -2.97. The van der Waals surface area contributed by atoms with E-state index in [-0.39, 0.29) is 15.5 Å². The number of thiophene rings is 1. The second-order valence-electron chi connectivity index (χ2n) is 6.60. The lowest BCUT2D eigenvalue weighted by molar-refractivity contribution is 0.0956. The number of carbonyl (C=O) groups excluding carboxylic acids is 1. The van der Waals surface area contributed by atoms with E-state index >= 15 is 0 Å². The number of carbonyl (C=O) groups is 1. The second-order valence-corrected chi connectivity index (χ2v) is 9.46. The van der Waals surface area contributed by atoms with Crippen LogP contribution in [0.25, 0.3) is 0 Å². The summed E-state index contributed by atoms with van der Waals surface area (Å²) in [6, 6.07) is 17.4. The third kappa shape index (κ3) is 5.30. The van der Waals surface area contributed by atoms with Gasteiger partial charge >= 0.3 is 0 Å². The van der Waals surface area contributed by atoms with Crippen LogP contribution < -0.4 is 10.1 Å². The van der Waals surface area contributed by atoms with Gasteiger partial charge in [0.1, 0.15) is 4.21 Å². The predicted molar refractivity (Wildman–Crippen MR) is 117 cm³/mol. The van der Waals surface area contributed by atoms with Gasteiger partial charge in [0.05, 0.1) is 17.5 Å². The molecular weight excluding hydrogens is 406 g/mol. The van der Waals surface area contributed by atoms with Crippen LogP contribution in [0.1, 0.15) is 41.3 Å². The lowest BCUT2D eigenvalue weighted by Gasteiger charge is -2.10. The third-order valence-corrected chi connectivity index (χ3v) is 6.92. The van der Waals surface area contributed by atoms with Crippen molar-refractivity contribution in [2.75, 3.05) is 4.72 Å². The topological polar surface area (TPSA) is 87.6 Å². The van der Waals surface area contributed by atoms with Gasteiger partial charge in [-0.15, -0.1) is 11.3 Å². The number of hydrogen-bond donors (Lipinski definition) is 2. The number of anilines is 1. The molecule has 3 aromatic rings. The van der Waals surface area contributed by atoms with Crippen LogP contribution in [0.3, 0.4) is 0 Å². The van der Waals surface area contributed by atoms with Gasteiger partial charge in [-0.25, -0.2) is 13.8 Å². The summed E-state index contributed by atoms with van der Waals surface area (Å²) in [5, 5.41) is 5.66. The molecule has 0 aliphatic rings. The first-order valence-electron chi connectivity index (χ1n) is 8.95. The summed E-state index contributed by atoms with van der Waals surface area (Å²) >= 11 is 1.10. The molecule has 8 heteroatoms. The summed E-state index contributed by atoms with van der Waals surface area (Å²) in [5.74, 6) is -0.0697. The molecule has 0 unspecified atom stereocenters. The van der Waals surface area contributed by atoms with E-state index in [4.69, 9.17) is 0 Å². The molecule has 0 saturated carbocycles. The van der Waals surface area contributed by atoms with E-state index in [2.05, 4.69) is 29.1 Å². The van der Waals surface area contributed by atoms with E-state index in [0.717, 1.165) is 16.9 Å². The Bertz CT molecular complexity index is 1100. The smallest absolute Gasteiger partial charge is 0.273 e. The molecule has 0 atom stereocenters. The molecule has 0 aliphatic heterocycles. The van der Waals surface area contributed by atoms with Crippen molar-refractivity contribution in [3.8, 4) is 0 Å². The van der Waals surface area contributed by atoms with Crippen LogP contribution in [0.15, 0.2) is 75.4 Å². The van der Waals surface area contributed by atoms with Crippen molar-refractivity contribution in [3.63, 3.8) is 0 Å². The van der Waals surface area contributed by atoms with Crippen molar-refractivity contribution in [2.24, 2.45) is 5.10 Å². The Kier molecular flexibility index (Phi) is 6.46. The van der Waals surface area contributed by atoms with Crippen LogP contribution in [0.4, 0.5) is 5.69 Å². The average molecular weight is 428 g/mol. The molecule has 1 heterocycles. The van der Waals surface area contributed by atoms with Crippen molar-refractivity contribution < 1.29 is 13.2 Å². The quantitative estimate of drug-likeness (QED) is 0.432. The number of nitrogens with one attached hydrogen (secondary N) is 2. The molecular formula is C21H21N3O3S2. The van der Waals surface area contributed by atoms with Crippen molar-refractivity contribution in [1.82, 2.24) is 5.43 Å². The normalized spacial score (nSPS) is 11.7. The zero-order valence-electron chi connectivity index (χ0n) is 16.0. The van der Waals surface area contributed by atoms with Gasteiger partial charge in [-0.05, 0) is 40.6 Å². The van der Waals surface area contributed by atoms with Crippen LogP contribution in [-0.2, 0) is 10.0 Å². The molecule has 0 aliphatic carbocycles. The molecule has 3 rings (SSSR count). The first-order valence-corrected chi connectivity index (χ1v) is 11.3. The predicted octanol–water partition coefficient (Wildman–Crippen LogP) is 4.44. The molecule has 0 spiro atoms. The van der Waals surface area contributed by atoms with Gasteiger partial charge in [0.25, 0.3) is 15.9 Å². The number of sulfonamides is 1. The number of benzene rings is 2. The fourth-order valence-electron chi connectivity index (χ4n) is 2.57. The first-order chi connectivity index (χ1) is 13.9. The summed E-state index contributed by atoms with van der Waals surface area (Å²) in [4.78, 5) is 12.5.